The van der Waals surface area contributed by atoms with E-state index >= 15 is 0 Å². The second-order valence-electron chi connectivity index (χ2n) is 7.04. The Bertz CT molecular complexity index is 492. The van der Waals surface area contributed by atoms with Crippen LogP contribution >= 0.6 is 0 Å². The molecule has 2 heterocycles. The molecule has 6 nitrogen and oxygen atoms in total. The summed E-state index contributed by atoms with van der Waals surface area (Å²) in [5.74, 6) is 2.31. The van der Waals surface area contributed by atoms with E-state index in [9.17, 15) is 5.11 Å². The minimum atomic E-state index is 0.236. The number of aliphatic imine (C=N–C) groups is 1. The summed E-state index contributed by atoms with van der Waals surface area (Å²) in [5, 5.41) is 16.1. The maximum absolute atomic E-state index is 9.24. The van der Waals surface area contributed by atoms with Gasteiger partial charge >= 0.3 is 0 Å². The van der Waals surface area contributed by atoms with Crippen molar-refractivity contribution in [2.45, 2.75) is 52.0 Å². The molecule has 0 radical (unpaired) electrons. The molecule has 2 rings (SSSR count). The van der Waals surface area contributed by atoms with Crippen LogP contribution in [0.1, 0.15) is 57.8 Å². The molecule has 148 valence electrons. The second-order valence-corrected chi connectivity index (χ2v) is 7.04. The van der Waals surface area contributed by atoms with Crippen molar-refractivity contribution in [3.8, 4) is 0 Å². The largest absolute Gasteiger partial charge is 0.468 e. The normalized spacial score (nSPS) is 18.0. The molecule has 26 heavy (non-hydrogen) atoms. The number of nitrogens with one attached hydrogen (secondary N) is 2. The molecule has 6 heteroatoms. The first-order chi connectivity index (χ1) is 12.8. The van der Waals surface area contributed by atoms with E-state index in [1.54, 1.807) is 6.26 Å². The number of hydrogen-bond acceptors (Lipinski definition) is 4. The van der Waals surface area contributed by atoms with Gasteiger partial charge in [0.1, 0.15) is 5.76 Å². The van der Waals surface area contributed by atoms with Crippen molar-refractivity contribution in [1.29, 1.82) is 0 Å². The van der Waals surface area contributed by atoms with Gasteiger partial charge < -0.3 is 20.2 Å². The lowest BCUT2D eigenvalue weighted by atomic mass is 10.0. The van der Waals surface area contributed by atoms with Crippen molar-refractivity contribution in [3.05, 3.63) is 24.2 Å². The SMILES string of the molecule is CCCC(CCO)CN=C(NCC)NCC(c1ccco1)N1CCCC1. The van der Waals surface area contributed by atoms with Crippen molar-refractivity contribution < 1.29 is 9.52 Å². The first kappa shape index (κ1) is 20.8. The van der Waals surface area contributed by atoms with E-state index in [4.69, 9.17) is 9.41 Å². The monoisotopic (exact) mass is 364 g/mol. The summed E-state index contributed by atoms with van der Waals surface area (Å²) < 4.78 is 5.69. The van der Waals surface area contributed by atoms with Crippen LogP contribution in [0.4, 0.5) is 0 Å². The van der Waals surface area contributed by atoms with Crippen molar-refractivity contribution in [3.63, 3.8) is 0 Å². The van der Waals surface area contributed by atoms with Crippen LogP contribution < -0.4 is 10.6 Å². The molecule has 1 fully saturated rings. The van der Waals surface area contributed by atoms with Gasteiger partial charge in [0.05, 0.1) is 12.3 Å². The van der Waals surface area contributed by atoms with Crippen LogP contribution in [-0.2, 0) is 0 Å². The van der Waals surface area contributed by atoms with Crippen LogP contribution in [0.5, 0.6) is 0 Å². The molecular formula is C20H36N4O2. The Morgan fingerprint density at radius 2 is 2.08 bits per heavy atom. The molecule has 1 aliphatic heterocycles. The van der Waals surface area contributed by atoms with E-state index in [0.29, 0.717) is 5.92 Å². The zero-order valence-electron chi connectivity index (χ0n) is 16.4. The van der Waals surface area contributed by atoms with Crippen LogP contribution in [0.2, 0.25) is 0 Å². The zero-order chi connectivity index (χ0) is 18.6. The summed E-state index contributed by atoms with van der Waals surface area (Å²) in [6.07, 6.45) is 7.31. The fraction of sp³-hybridized carbons (Fsp3) is 0.750. The number of nitrogens with zero attached hydrogens (tertiary/aromatic N) is 2. The van der Waals surface area contributed by atoms with Gasteiger partial charge in [-0.1, -0.05) is 13.3 Å². The third-order valence-electron chi connectivity index (χ3n) is 5.00. The van der Waals surface area contributed by atoms with Crippen molar-refractivity contribution in [2.75, 3.05) is 39.3 Å². The molecule has 0 spiro atoms. The number of aliphatic hydroxyl groups excluding tert-OH is 1. The molecule has 1 aliphatic rings. The topological polar surface area (TPSA) is 73.0 Å². The van der Waals surface area contributed by atoms with Crippen molar-refractivity contribution >= 4 is 5.96 Å². The average molecular weight is 365 g/mol. The molecule has 3 N–H and O–H groups in total. The van der Waals surface area contributed by atoms with E-state index in [1.807, 2.05) is 6.07 Å². The van der Waals surface area contributed by atoms with Gasteiger partial charge in [-0.05, 0) is 63.7 Å². The molecule has 0 amide bonds. The first-order valence-electron chi connectivity index (χ1n) is 10.2. The number of guanidine groups is 1. The summed E-state index contributed by atoms with van der Waals surface area (Å²) >= 11 is 0. The summed E-state index contributed by atoms with van der Waals surface area (Å²) in [6.45, 7) is 9.10. The standard InChI is InChI=1S/C20H36N4O2/c1-3-8-17(10-13-25)15-22-20(21-4-2)23-16-18(19-9-7-14-26-19)24-11-5-6-12-24/h7,9,14,17-18,25H,3-6,8,10-13,15-16H2,1-2H3,(H2,21,22,23). The number of aliphatic hydroxyl groups is 1. The minimum absolute atomic E-state index is 0.236. The van der Waals surface area contributed by atoms with Crippen LogP contribution in [0.25, 0.3) is 0 Å². The molecular weight excluding hydrogens is 328 g/mol. The van der Waals surface area contributed by atoms with Crippen LogP contribution in [0, 0.1) is 5.92 Å². The number of likely N-dealkylation sites (tertiary alicyclic amines) is 1. The van der Waals surface area contributed by atoms with E-state index < -0.39 is 0 Å². The zero-order valence-corrected chi connectivity index (χ0v) is 16.4. The highest BCUT2D eigenvalue weighted by Crippen LogP contribution is 2.24. The Morgan fingerprint density at radius 1 is 1.27 bits per heavy atom. The van der Waals surface area contributed by atoms with Gasteiger partial charge in [-0.2, -0.15) is 0 Å². The quantitative estimate of drug-likeness (QED) is 0.416. The van der Waals surface area contributed by atoms with E-state index in [1.165, 1.54) is 12.8 Å². The number of rotatable bonds is 11. The van der Waals surface area contributed by atoms with Crippen LogP contribution in [-0.4, -0.2) is 55.3 Å². The molecule has 1 aromatic rings. The Hall–Kier alpha value is -1.53. The molecule has 1 aromatic heterocycles. The van der Waals surface area contributed by atoms with E-state index in [2.05, 4.69) is 35.4 Å². The molecule has 2 unspecified atom stereocenters. The Balaban J connectivity index is 1.96. The van der Waals surface area contributed by atoms with Gasteiger partial charge in [0.15, 0.2) is 5.96 Å². The number of hydrogen-bond donors (Lipinski definition) is 3. The van der Waals surface area contributed by atoms with Gasteiger partial charge in [-0.3, -0.25) is 9.89 Å². The smallest absolute Gasteiger partial charge is 0.191 e. The maximum Gasteiger partial charge on any atom is 0.191 e. The predicted octanol–water partition coefficient (Wildman–Crippen LogP) is 2.77. The lowest BCUT2D eigenvalue weighted by Gasteiger charge is -2.27. The summed E-state index contributed by atoms with van der Waals surface area (Å²) in [4.78, 5) is 7.25. The lowest BCUT2D eigenvalue weighted by molar-refractivity contribution is 0.215. The average Bonchev–Trinajstić information content (AvgIpc) is 3.34. The van der Waals surface area contributed by atoms with Crippen molar-refractivity contribution in [1.82, 2.24) is 15.5 Å². The highest BCUT2D eigenvalue weighted by Gasteiger charge is 2.25. The minimum Gasteiger partial charge on any atom is -0.468 e. The third kappa shape index (κ3) is 6.65. The van der Waals surface area contributed by atoms with E-state index in [0.717, 1.165) is 63.7 Å². The van der Waals surface area contributed by atoms with Crippen LogP contribution in [0.15, 0.2) is 27.8 Å². The lowest BCUT2D eigenvalue weighted by Crippen LogP contribution is -2.42. The van der Waals surface area contributed by atoms with Gasteiger partial charge in [0.2, 0.25) is 0 Å². The second kappa shape index (κ2) is 12.0. The van der Waals surface area contributed by atoms with Crippen LogP contribution in [0.3, 0.4) is 0 Å². The number of furan rings is 1. The highest BCUT2D eigenvalue weighted by atomic mass is 16.3. The Kier molecular flexibility index (Phi) is 9.56. The first-order valence-corrected chi connectivity index (χ1v) is 10.2. The van der Waals surface area contributed by atoms with Gasteiger partial charge in [0, 0.05) is 26.2 Å². The molecule has 0 aromatic carbocycles. The summed E-state index contributed by atoms with van der Waals surface area (Å²) in [7, 11) is 0. The molecule has 1 saturated heterocycles. The Morgan fingerprint density at radius 3 is 2.69 bits per heavy atom. The third-order valence-corrected chi connectivity index (χ3v) is 5.00. The van der Waals surface area contributed by atoms with Gasteiger partial charge in [-0.25, -0.2) is 0 Å². The molecule has 0 aliphatic carbocycles. The molecule has 0 bridgehead atoms. The summed E-state index contributed by atoms with van der Waals surface area (Å²) in [5.41, 5.74) is 0. The molecule has 0 saturated carbocycles. The predicted molar refractivity (Wildman–Crippen MR) is 106 cm³/mol. The fourth-order valence-corrected chi connectivity index (χ4v) is 3.62. The molecule has 2 atom stereocenters. The fourth-order valence-electron chi connectivity index (χ4n) is 3.62. The van der Waals surface area contributed by atoms with Gasteiger partial charge in [-0.15, -0.1) is 0 Å². The summed E-state index contributed by atoms with van der Waals surface area (Å²) in [6, 6.07) is 4.26. The van der Waals surface area contributed by atoms with Gasteiger partial charge in [0.25, 0.3) is 0 Å². The van der Waals surface area contributed by atoms with Crippen molar-refractivity contribution in [2.24, 2.45) is 10.9 Å². The Labute approximate surface area is 158 Å². The highest BCUT2D eigenvalue weighted by molar-refractivity contribution is 5.79. The van der Waals surface area contributed by atoms with E-state index in [-0.39, 0.29) is 12.6 Å². The maximum atomic E-state index is 9.24.